The summed E-state index contributed by atoms with van der Waals surface area (Å²) in [7, 11) is 3.61. The van der Waals surface area contributed by atoms with Crippen molar-refractivity contribution in [3.8, 4) is 28.3 Å². The van der Waals surface area contributed by atoms with E-state index >= 15 is 0 Å². The number of carbonyl (C=O) groups excluding carboxylic acids is 1. The molecule has 1 atom stereocenters. The van der Waals surface area contributed by atoms with E-state index in [1.807, 2.05) is 56.6 Å². The molecular formula is C30H30N6O3. The van der Waals surface area contributed by atoms with Gasteiger partial charge in [0.15, 0.2) is 0 Å². The van der Waals surface area contributed by atoms with Crippen molar-refractivity contribution in [2.75, 3.05) is 33.3 Å². The number of fused-ring (bicyclic) bond motifs is 2. The molecule has 0 unspecified atom stereocenters. The lowest BCUT2D eigenvalue weighted by molar-refractivity contribution is -0.139. The number of pyridine rings is 3. The van der Waals surface area contributed by atoms with Crippen LogP contribution in [0, 0.1) is 0 Å². The Morgan fingerprint density at radius 2 is 1.87 bits per heavy atom. The fourth-order valence-corrected chi connectivity index (χ4v) is 5.20. The molecule has 1 N–H and O–H groups in total. The number of piperazine rings is 1. The number of aromatic nitrogens is 4. The zero-order valence-corrected chi connectivity index (χ0v) is 22.2. The predicted octanol–water partition coefficient (Wildman–Crippen LogP) is 3.69. The maximum Gasteiger partial charge on any atom is 0.274 e. The third-order valence-electron chi connectivity index (χ3n) is 7.56. The Labute approximate surface area is 225 Å². The number of hydrogen-bond acceptors (Lipinski definition) is 6. The molecule has 1 aliphatic heterocycles. The Morgan fingerprint density at radius 1 is 1.03 bits per heavy atom. The van der Waals surface area contributed by atoms with Crippen molar-refractivity contribution in [2.45, 2.75) is 13.0 Å². The summed E-state index contributed by atoms with van der Waals surface area (Å²) in [6.45, 7) is 4.66. The zero-order valence-electron chi connectivity index (χ0n) is 22.2. The molecular weight excluding hydrogens is 492 g/mol. The van der Waals surface area contributed by atoms with E-state index in [1.54, 1.807) is 28.9 Å². The molecule has 9 heteroatoms. The number of ether oxygens (including phenoxy) is 1. The molecule has 5 heterocycles. The van der Waals surface area contributed by atoms with Gasteiger partial charge < -0.3 is 19.2 Å². The molecule has 4 aromatic heterocycles. The van der Waals surface area contributed by atoms with E-state index in [4.69, 9.17) is 9.72 Å². The zero-order chi connectivity index (χ0) is 27.1. The van der Waals surface area contributed by atoms with Gasteiger partial charge >= 0.3 is 0 Å². The SMILES string of the molecule is C[C@@H]1C(=O)N(C)CCN1CCOc1ccc(-c2ccc3cc(-c4cn(C)c(=O)c5[nH]ccc45)ccc3n2)cn1. The molecule has 0 radical (unpaired) electrons. The number of hydrogen-bond donors (Lipinski definition) is 1. The van der Waals surface area contributed by atoms with Crippen LogP contribution in [-0.4, -0.2) is 74.6 Å². The molecule has 0 bridgehead atoms. The number of aryl methyl sites for hydroxylation is 1. The van der Waals surface area contributed by atoms with E-state index in [1.165, 1.54) is 0 Å². The molecule has 198 valence electrons. The second-order valence-corrected chi connectivity index (χ2v) is 10.0. The van der Waals surface area contributed by atoms with Gasteiger partial charge in [0.1, 0.15) is 12.1 Å². The number of nitrogens with one attached hydrogen (secondary N) is 1. The summed E-state index contributed by atoms with van der Waals surface area (Å²) >= 11 is 0. The van der Waals surface area contributed by atoms with Crippen LogP contribution in [0.1, 0.15) is 6.92 Å². The smallest absolute Gasteiger partial charge is 0.274 e. The van der Waals surface area contributed by atoms with Crippen molar-refractivity contribution >= 4 is 27.7 Å². The predicted molar refractivity (Wildman–Crippen MR) is 152 cm³/mol. The number of nitrogens with zero attached hydrogens (tertiary/aromatic N) is 5. The third kappa shape index (κ3) is 4.66. The van der Waals surface area contributed by atoms with Crippen LogP contribution in [0.3, 0.4) is 0 Å². The molecule has 1 amide bonds. The summed E-state index contributed by atoms with van der Waals surface area (Å²) in [6, 6.07) is 15.8. The number of H-pyrrole nitrogens is 1. The Hall–Kier alpha value is -4.50. The van der Waals surface area contributed by atoms with Crippen molar-refractivity contribution in [1.82, 2.24) is 29.3 Å². The molecule has 1 aromatic carbocycles. The van der Waals surface area contributed by atoms with Gasteiger partial charge in [-0.3, -0.25) is 14.5 Å². The topological polar surface area (TPSA) is 96.3 Å². The van der Waals surface area contributed by atoms with E-state index in [0.717, 1.165) is 51.8 Å². The van der Waals surface area contributed by atoms with Crippen molar-refractivity contribution < 1.29 is 9.53 Å². The summed E-state index contributed by atoms with van der Waals surface area (Å²) in [6.07, 6.45) is 5.44. The molecule has 1 saturated heterocycles. The molecule has 0 aliphatic carbocycles. The van der Waals surface area contributed by atoms with Crippen molar-refractivity contribution in [1.29, 1.82) is 0 Å². The Kier molecular flexibility index (Phi) is 6.36. The number of likely N-dealkylation sites (N-methyl/N-ethyl adjacent to an activating group) is 1. The van der Waals surface area contributed by atoms with E-state index in [-0.39, 0.29) is 17.5 Å². The first kappa shape index (κ1) is 24.8. The highest BCUT2D eigenvalue weighted by Gasteiger charge is 2.28. The van der Waals surface area contributed by atoms with Crippen molar-refractivity contribution in [3.05, 3.63) is 77.5 Å². The minimum atomic E-state index is -0.131. The van der Waals surface area contributed by atoms with E-state index < -0.39 is 0 Å². The van der Waals surface area contributed by atoms with Crippen LogP contribution >= 0.6 is 0 Å². The van der Waals surface area contributed by atoms with Crippen LogP contribution in [0.25, 0.3) is 44.2 Å². The Bertz CT molecular complexity index is 1740. The first-order valence-electron chi connectivity index (χ1n) is 13.1. The van der Waals surface area contributed by atoms with Gasteiger partial charge in [0, 0.05) is 80.3 Å². The second-order valence-electron chi connectivity index (χ2n) is 10.0. The lowest BCUT2D eigenvalue weighted by Crippen LogP contribution is -2.55. The van der Waals surface area contributed by atoms with E-state index in [9.17, 15) is 9.59 Å². The number of carbonyl (C=O) groups is 1. The maximum absolute atomic E-state index is 12.4. The average Bonchev–Trinajstić information content (AvgIpc) is 3.45. The highest BCUT2D eigenvalue weighted by Crippen LogP contribution is 2.30. The summed E-state index contributed by atoms with van der Waals surface area (Å²) < 4.78 is 7.46. The standard InChI is InChI=1S/C30H30N6O3/c1-19-29(37)34(2)12-13-36(19)14-15-39-27-9-6-22(17-32-27)26-8-5-21-16-20(4-7-25(21)33-26)24-18-35(3)30(38)28-23(24)10-11-31-28/h4-11,16-19,31H,12-15H2,1-3H3/t19-/m1/s1. The first-order valence-corrected chi connectivity index (χ1v) is 13.1. The summed E-state index contributed by atoms with van der Waals surface area (Å²) in [4.78, 5) is 40.9. The molecule has 39 heavy (non-hydrogen) atoms. The van der Waals surface area contributed by atoms with Crippen molar-refractivity contribution in [2.24, 2.45) is 7.05 Å². The van der Waals surface area contributed by atoms with Gasteiger partial charge in [-0.15, -0.1) is 0 Å². The van der Waals surface area contributed by atoms with Gasteiger partial charge in [0.25, 0.3) is 5.56 Å². The van der Waals surface area contributed by atoms with Gasteiger partial charge in [-0.1, -0.05) is 12.1 Å². The van der Waals surface area contributed by atoms with Gasteiger partial charge in [-0.05, 0) is 42.8 Å². The van der Waals surface area contributed by atoms with Crippen LogP contribution < -0.4 is 10.3 Å². The van der Waals surface area contributed by atoms with Gasteiger partial charge in [-0.25, -0.2) is 9.97 Å². The first-order chi connectivity index (χ1) is 18.9. The largest absolute Gasteiger partial charge is 0.476 e. The monoisotopic (exact) mass is 522 g/mol. The van der Waals surface area contributed by atoms with Crippen LogP contribution in [0.5, 0.6) is 5.88 Å². The van der Waals surface area contributed by atoms with Crippen LogP contribution in [0.4, 0.5) is 0 Å². The van der Waals surface area contributed by atoms with E-state index in [2.05, 4.69) is 27.0 Å². The highest BCUT2D eigenvalue weighted by molar-refractivity contribution is 5.97. The van der Waals surface area contributed by atoms with Crippen LogP contribution in [-0.2, 0) is 11.8 Å². The normalized spacial score (nSPS) is 16.3. The lowest BCUT2D eigenvalue weighted by atomic mass is 10.0. The minimum absolute atomic E-state index is 0.0444. The summed E-state index contributed by atoms with van der Waals surface area (Å²) in [5.74, 6) is 0.693. The fraction of sp³-hybridized carbons (Fsp3) is 0.267. The number of rotatable bonds is 6. The molecule has 0 spiro atoms. The minimum Gasteiger partial charge on any atom is -0.476 e. The molecule has 0 saturated carbocycles. The van der Waals surface area contributed by atoms with E-state index in [0.29, 0.717) is 24.5 Å². The fourth-order valence-electron chi connectivity index (χ4n) is 5.20. The summed E-state index contributed by atoms with van der Waals surface area (Å²) in [5, 5.41) is 1.92. The highest BCUT2D eigenvalue weighted by atomic mass is 16.5. The molecule has 6 rings (SSSR count). The van der Waals surface area contributed by atoms with Gasteiger partial charge in [0.05, 0.1) is 17.3 Å². The summed E-state index contributed by atoms with van der Waals surface area (Å²) in [5.41, 5.74) is 5.18. The third-order valence-corrected chi connectivity index (χ3v) is 7.56. The van der Waals surface area contributed by atoms with Crippen molar-refractivity contribution in [3.63, 3.8) is 0 Å². The van der Waals surface area contributed by atoms with Crippen LogP contribution in [0.2, 0.25) is 0 Å². The average molecular weight is 523 g/mol. The van der Waals surface area contributed by atoms with Gasteiger partial charge in [-0.2, -0.15) is 0 Å². The Balaban J connectivity index is 1.16. The van der Waals surface area contributed by atoms with Crippen LogP contribution in [0.15, 0.2) is 71.9 Å². The second kappa shape index (κ2) is 9.99. The number of aromatic amines is 1. The van der Waals surface area contributed by atoms with Gasteiger partial charge in [0.2, 0.25) is 11.8 Å². The number of amides is 1. The molecule has 9 nitrogen and oxygen atoms in total. The quantitative estimate of drug-likeness (QED) is 0.366. The molecule has 5 aromatic rings. The lowest BCUT2D eigenvalue weighted by Gasteiger charge is -2.37. The molecule has 1 fully saturated rings. The molecule has 1 aliphatic rings. The maximum atomic E-state index is 12.4. The number of benzene rings is 1. The Morgan fingerprint density at radius 3 is 2.69 bits per heavy atom.